The molecule has 2 aliphatic rings. The van der Waals surface area contributed by atoms with Crippen LogP contribution in [0.25, 0.3) is 0 Å². The van der Waals surface area contributed by atoms with E-state index < -0.39 is 0 Å². The van der Waals surface area contributed by atoms with Crippen LogP contribution >= 0.6 is 11.3 Å². The number of fused-ring (bicyclic) bond motifs is 1. The molecule has 204 valence electrons. The molecule has 39 heavy (non-hydrogen) atoms. The first-order valence-corrected chi connectivity index (χ1v) is 13.4. The fourth-order valence-corrected chi connectivity index (χ4v) is 5.48. The Morgan fingerprint density at radius 1 is 1.23 bits per heavy atom. The van der Waals surface area contributed by atoms with E-state index in [1.165, 1.54) is 17.5 Å². The van der Waals surface area contributed by atoms with E-state index in [9.17, 15) is 14.4 Å². The number of piperidine rings is 1. The molecule has 3 heterocycles. The normalized spacial score (nSPS) is 20.7. The van der Waals surface area contributed by atoms with Gasteiger partial charge in [-0.3, -0.25) is 19.8 Å². The number of nitrogens with one attached hydrogen (secondary N) is 3. The van der Waals surface area contributed by atoms with Gasteiger partial charge in [0, 0.05) is 21.9 Å². The number of benzene rings is 1. The number of aldehydes is 1. The van der Waals surface area contributed by atoms with Crippen LogP contribution in [0.1, 0.15) is 40.7 Å². The van der Waals surface area contributed by atoms with Gasteiger partial charge in [-0.1, -0.05) is 25.1 Å². The lowest BCUT2D eigenvalue weighted by molar-refractivity contribution is -0.139. The summed E-state index contributed by atoms with van der Waals surface area (Å²) in [6.45, 7) is 2.79. The minimum Gasteiger partial charge on any atom is -0.456 e. The number of nitrogens with zero attached hydrogens (tertiary/aromatic N) is 2. The summed E-state index contributed by atoms with van der Waals surface area (Å²) in [5, 5.41) is 15.0. The SMILES string of the molecule is CNCC(=O)N1C(C(=O)NCc2cc(C(=N)N)cs2)C[C@]2(C)CC12.O=Cc1ccc(Oc2ccccc2)cn1. The van der Waals surface area contributed by atoms with E-state index in [0.29, 0.717) is 29.8 Å². The largest absolute Gasteiger partial charge is 0.456 e. The molecule has 5 rings (SSSR count). The van der Waals surface area contributed by atoms with E-state index >= 15 is 0 Å². The molecular weight excluding hydrogens is 516 g/mol. The molecule has 1 aliphatic carbocycles. The van der Waals surface area contributed by atoms with E-state index in [4.69, 9.17) is 15.9 Å². The number of ether oxygens (including phenoxy) is 1. The Labute approximate surface area is 231 Å². The average molecular weight is 549 g/mol. The summed E-state index contributed by atoms with van der Waals surface area (Å²) in [7, 11) is 1.73. The number of nitrogen functional groups attached to an aromatic ring is 1. The highest BCUT2D eigenvalue weighted by Gasteiger charge is 2.64. The highest BCUT2D eigenvalue weighted by molar-refractivity contribution is 7.10. The summed E-state index contributed by atoms with van der Waals surface area (Å²) in [5.74, 6) is 1.27. The number of para-hydroxylation sites is 1. The van der Waals surface area contributed by atoms with Crippen molar-refractivity contribution in [2.75, 3.05) is 13.6 Å². The first-order chi connectivity index (χ1) is 18.7. The Balaban J connectivity index is 0.000000202. The Bertz CT molecular complexity index is 1330. The molecule has 10 nitrogen and oxygen atoms in total. The maximum Gasteiger partial charge on any atom is 0.243 e. The number of hydrogen-bond donors (Lipinski definition) is 4. The van der Waals surface area contributed by atoms with Crippen LogP contribution in [0.5, 0.6) is 11.5 Å². The first kappa shape index (κ1) is 27.9. The van der Waals surface area contributed by atoms with Gasteiger partial charge >= 0.3 is 0 Å². The van der Waals surface area contributed by atoms with Crippen molar-refractivity contribution in [3.63, 3.8) is 0 Å². The van der Waals surface area contributed by atoms with Crippen molar-refractivity contribution in [1.82, 2.24) is 20.5 Å². The number of hydrogen-bond acceptors (Lipinski definition) is 8. The Kier molecular flexibility index (Phi) is 8.72. The molecule has 3 aromatic rings. The first-order valence-electron chi connectivity index (χ1n) is 12.5. The van der Waals surface area contributed by atoms with Crippen LogP contribution in [0.15, 0.2) is 60.1 Å². The van der Waals surface area contributed by atoms with Crippen LogP contribution in [-0.2, 0) is 16.1 Å². The van der Waals surface area contributed by atoms with Crippen LogP contribution < -0.4 is 21.1 Å². The molecule has 5 N–H and O–H groups in total. The second kappa shape index (κ2) is 12.2. The third kappa shape index (κ3) is 6.87. The monoisotopic (exact) mass is 548 g/mol. The van der Waals surface area contributed by atoms with Crippen LogP contribution in [0, 0.1) is 10.8 Å². The summed E-state index contributed by atoms with van der Waals surface area (Å²) >= 11 is 1.46. The lowest BCUT2D eigenvalue weighted by Crippen LogP contribution is -2.49. The van der Waals surface area contributed by atoms with E-state index in [-0.39, 0.29) is 41.7 Å². The van der Waals surface area contributed by atoms with Gasteiger partial charge in [0.25, 0.3) is 0 Å². The number of carbonyl (C=O) groups excluding carboxylic acids is 3. The number of pyridine rings is 1. The van der Waals surface area contributed by atoms with E-state index in [1.54, 1.807) is 29.5 Å². The number of carbonyl (C=O) groups is 3. The van der Waals surface area contributed by atoms with Gasteiger partial charge in [0.15, 0.2) is 6.29 Å². The number of rotatable bonds is 9. The molecule has 2 unspecified atom stereocenters. The number of likely N-dealkylation sites (N-methyl/N-ethyl adjacent to an activating group) is 1. The minimum absolute atomic E-state index is 0.0149. The molecule has 0 radical (unpaired) electrons. The summed E-state index contributed by atoms with van der Waals surface area (Å²) in [5.41, 5.74) is 6.61. The summed E-state index contributed by atoms with van der Waals surface area (Å²) in [4.78, 5) is 41.9. The molecule has 1 aliphatic heterocycles. The fourth-order valence-electron chi connectivity index (χ4n) is 4.66. The van der Waals surface area contributed by atoms with Crippen LogP contribution in [0.2, 0.25) is 0 Å². The molecule has 2 amide bonds. The average Bonchev–Trinajstić information content (AvgIpc) is 3.25. The standard InChI is InChI=1S/C16H23N5O2S.C12H9NO2/c1-16-4-11(21(12(16)5-16)13(22)7-19-2)15(23)20-6-10-3-9(8-24-10)14(17)18;14-9-10-6-7-12(8-13-10)15-11-4-2-1-3-5-11/h3,8,11-12,19H,4-7H2,1-2H3,(H3,17,18)(H,20,23);1-9H/t11?,12?,16-;/m1./s1. The maximum atomic E-state index is 12.6. The van der Waals surface area contributed by atoms with E-state index in [2.05, 4.69) is 22.5 Å². The molecular formula is C28H32N6O4S. The van der Waals surface area contributed by atoms with Gasteiger partial charge in [-0.2, -0.15) is 0 Å². The molecule has 1 saturated carbocycles. The smallest absolute Gasteiger partial charge is 0.243 e. The molecule has 0 spiro atoms. The van der Waals surface area contributed by atoms with Gasteiger partial charge in [0.05, 0.1) is 19.3 Å². The molecule has 11 heteroatoms. The number of amides is 2. The van der Waals surface area contributed by atoms with Gasteiger partial charge in [-0.25, -0.2) is 4.98 Å². The van der Waals surface area contributed by atoms with Gasteiger partial charge < -0.3 is 26.0 Å². The van der Waals surface area contributed by atoms with E-state index in [0.717, 1.165) is 23.5 Å². The number of amidine groups is 1. The minimum atomic E-state index is -0.387. The predicted molar refractivity (Wildman–Crippen MR) is 149 cm³/mol. The molecule has 3 atom stereocenters. The van der Waals surface area contributed by atoms with Gasteiger partial charge in [0.2, 0.25) is 11.8 Å². The second-order valence-electron chi connectivity index (χ2n) is 9.81. The summed E-state index contributed by atoms with van der Waals surface area (Å²) in [6, 6.07) is 14.4. The highest BCUT2D eigenvalue weighted by Crippen LogP contribution is 2.59. The van der Waals surface area contributed by atoms with Gasteiger partial charge in [-0.15, -0.1) is 11.3 Å². The number of likely N-dealkylation sites (tertiary alicyclic amines) is 1. The molecule has 0 bridgehead atoms. The van der Waals surface area contributed by atoms with Gasteiger partial charge in [-0.05, 0) is 55.6 Å². The van der Waals surface area contributed by atoms with Crippen LogP contribution in [0.3, 0.4) is 0 Å². The summed E-state index contributed by atoms with van der Waals surface area (Å²) in [6.07, 6.45) is 3.93. The zero-order valence-corrected chi connectivity index (χ0v) is 22.7. The van der Waals surface area contributed by atoms with Crippen molar-refractivity contribution in [3.05, 3.63) is 76.2 Å². The predicted octanol–water partition coefficient (Wildman–Crippen LogP) is 2.93. The number of aromatic nitrogens is 1. The zero-order chi connectivity index (χ0) is 28.0. The Morgan fingerprint density at radius 2 is 2.00 bits per heavy atom. The highest BCUT2D eigenvalue weighted by atomic mass is 32.1. The maximum absolute atomic E-state index is 12.6. The van der Waals surface area contributed by atoms with Gasteiger partial charge in [0.1, 0.15) is 29.1 Å². The molecule has 2 fully saturated rings. The van der Waals surface area contributed by atoms with Crippen molar-refractivity contribution in [1.29, 1.82) is 5.41 Å². The Hall–Kier alpha value is -4.09. The van der Waals surface area contributed by atoms with Crippen LogP contribution in [-0.4, -0.2) is 59.5 Å². The van der Waals surface area contributed by atoms with Crippen molar-refractivity contribution in [2.24, 2.45) is 11.1 Å². The van der Waals surface area contributed by atoms with E-state index in [1.807, 2.05) is 36.4 Å². The van der Waals surface area contributed by atoms with Crippen molar-refractivity contribution in [2.45, 2.75) is 38.4 Å². The lowest BCUT2D eigenvalue weighted by atomic mass is 10.0. The zero-order valence-electron chi connectivity index (χ0n) is 21.8. The molecule has 2 aromatic heterocycles. The molecule has 1 saturated heterocycles. The topological polar surface area (TPSA) is 150 Å². The third-order valence-electron chi connectivity index (χ3n) is 6.81. The Morgan fingerprint density at radius 3 is 2.62 bits per heavy atom. The van der Waals surface area contributed by atoms with Crippen molar-refractivity contribution < 1.29 is 19.1 Å². The fraction of sp³-hybridized carbons (Fsp3) is 0.321. The van der Waals surface area contributed by atoms with Crippen molar-refractivity contribution in [3.8, 4) is 11.5 Å². The quantitative estimate of drug-likeness (QED) is 0.182. The third-order valence-corrected chi connectivity index (χ3v) is 7.75. The molecule has 1 aromatic carbocycles. The van der Waals surface area contributed by atoms with Crippen LogP contribution in [0.4, 0.5) is 0 Å². The number of nitrogens with two attached hydrogens (primary N) is 1. The lowest BCUT2D eigenvalue weighted by Gasteiger charge is -2.26. The summed E-state index contributed by atoms with van der Waals surface area (Å²) < 4.78 is 5.50. The second-order valence-corrected chi connectivity index (χ2v) is 10.8. The van der Waals surface area contributed by atoms with Crippen molar-refractivity contribution >= 4 is 35.3 Å². The number of thiophene rings is 1.